The largest absolute Gasteiger partial charge is 0.345 e. The fourth-order valence-electron chi connectivity index (χ4n) is 3.18. The molecule has 5 nitrogen and oxygen atoms in total. The van der Waals surface area contributed by atoms with Crippen molar-refractivity contribution >= 4 is 11.8 Å². The average Bonchev–Trinajstić information content (AvgIpc) is 3.00. The van der Waals surface area contributed by atoms with Gasteiger partial charge in [-0.1, -0.05) is 13.0 Å². The highest BCUT2D eigenvalue weighted by Gasteiger charge is 2.26. The molecular formula is C18H27N3O2. The SMILES string of the molecule is CCN1CCCC1CN(C)C(=O)c1cccc(C(=O)N(C)C)c1. The maximum atomic E-state index is 12.7. The van der Waals surface area contributed by atoms with Crippen LogP contribution in [0.5, 0.6) is 0 Å². The third-order valence-corrected chi connectivity index (χ3v) is 4.50. The molecule has 1 heterocycles. The molecule has 126 valence electrons. The van der Waals surface area contributed by atoms with Crippen LogP contribution in [0.25, 0.3) is 0 Å². The van der Waals surface area contributed by atoms with E-state index in [0.717, 1.165) is 26.1 Å². The third-order valence-electron chi connectivity index (χ3n) is 4.50. The summed E-state index contributed by atoms with van der Waals surface area (Å²) in [6.45, 7) is 5.05. The van der Waals surface area contributed by atoms with Crippen molar-refractivity contribution in [2.75, 3.05) is 40.8 Å². The van der Waals surface area contributed by atoms with E-state index in [9.17, 15) is 9.59 Å². The molecule has 0 N–H and O–H groups in total. The summed E-state index contributed by atoms with van der Waals surface area (Å²) < 4.78 is 0. The van der Waals surface area contributed by atoms with Gasteiger partial charge in [0.25, 0.3) is 11.8 Å². The van der Waals surface area contributed by atoms with Gasteiger partial charge in [-0.15, -0.1) is 0 Å². The number of rotatable bonds is 5. The maximum absolute atomic E-state index is 12.7. The van der Waals surface area contributed by atoms with Crippen molar-refractivity contribution in [3.05, 3.63) is 35.4 Å². The van der Waals surface area contributed by atoms with Gasteiger partial charge < -0.3 is 9.80 Å². The molecule has 1 unspecified atom stereocenters. The summed E-state index contributed by atoms with van der Waals surface area (Å²) in [4.78, 5) is 30.4. The lowest BCUT2D eigenvalue weighted by molar-refractivity contribution is 0.0754. The molecule has 0 aliphatic carbocycles. The molecule has 1 aliphatic heterocycles. The highest BCUT2D eigenvalue weighted by molar-refractivity contribution is 5.99. The van der Waals surface area contributed by atoms with Crippen molar-refractivity contribution in [3.8, 4) is 0 Å². The molecule has 2 amide bonds. The Kier molecular flexibility index (Phi) is 5.77. The van der Waals surface area contributed by atoms with Crippen molar-refractivity contribution in [3.63, 3.8) is 0 Å². The molecule has 1 saturated heterocycles. The molecule has 0 radical (unpaired) electrons. The van der Waals surface area contributed by atoms with E-state index in [-0.39, 0.29) is 11.8 Å². The summed E-state index contributed by atoms with van der Waals surface area (Å²) in [5.41, 5.74) is 1.12. The number of carbonyl (C=O) groups is 2. The van der Waals surface area contributed by atoms with Crippen LogP contribution in [0.3, 0.4) is 0 Å². The fraction of sp³-hybridized carbons (Fsp3) is 0.556. The summed E-state index contributed by atoms with van der Waals surface area (Å²) in [6.07, 6.45) is 2.35. The van der Waals surface area contributed by atoms with E-state index in [2.05, 4.69) is 11.8 Å². The summed E-state index contributed by atoms with van der Waals surface area (Å²) >= 11 is 0. The summed E-state index contributed by atoms with van der Waals surface area (Å²) in [6, 6.07) is 7.42. The van der Waals surface area contributed by atoms with Gasteiger partial charge in [-0.3, -0.25) is 14.5 Å². The molecule has 1 atom stereocenters. The Labute approximate surface area is 138 Å². The van der Waals surface area contributed by atoms with Gasteiger partial charge in [0.15, 0.2) is 0 Å². The summed E-state index contributed by atoms with van der Waals surface area (Å²) in [5, 5.41) is 0. The third kappa shape index (κ3) is 4.10. The summed E-state index contributed by atoms with van der Waals surface area (Å²) in [7, 11) is 5.26. The van der Waals surface area contributed by atoms with Crippen molar-refractivity contribution in [2.45, 2.75) is 25.8 Å². The highest BCUT2D eigenvalue weighted by atomic mass is 16.2. The number of likely N-dealkylation sites (tertiary alicyclic amines) is 1. The maximum Gasteiger partial charge on any atom is 0.253 e. The Morgan fingerprint density at radius 2 is 1.83 bits per heavy atom. The topological polar surface area (TPSA) is 43.9 Å². The minimum Gasteiger partial charge on any atom is -0.345 e. The predicted octanol–water partition coefficient (Wildman–Crippen LogP) is 1.94. The van der Waals surface area contributed by atoms with E-state index in [1.165, 1.54) is 11.3 Å². The Morgan fingerprint density at radius 1 is 1.17 bits per heavy atom. The van der Waals surface area contributed by atoms with Gasteiger partial charge in [0, 0.05) is 44.9 Å². The molecule has 0 aromatic heterocycles. The second kappa shape index (κ2) is 7.59. The van der Waals surface area contributed by atoms with Crippen molar-refractivity contribution in [1.29, 1.82) is 0 Å². The first-order valence-electron chi connectivity index (χ1n) is 8.25. The molecule has 1 fully saturated rings. The van der Waals surface area contributed by atoms with Gasteiger partial charge in [0.2, 0.25) is 0 Å². The average molecular weight is 317 g/mol. The van der Waals surface area contributed by atoms with E-state index >= 15 is 0 Å². The number of nitrogens with zero attached hydrogens (tertiary/aromatic N) is 3. The molecule has 23 heavy (non-hydrogen) atoms. The number of amides is 2. The normalized spacial score (nSPS) is 18.0. The van der Waals surface area contributed by atoms with Crippen molar-refractivity contribution in [1.82, 2.24) is 14.7 Å². The van der Waals surface area contributed by atoms with E-state index in [1.807, 2.05) is 7.05 Å². The van der Waals surface area contributed by atoms with Crippen LogP contribution in [0.1, 0.15) is 40.5 Å². The lowest BCUT2D eigenvalue weighted by atomic mass is 10.1. The van der Waals surface area contributed by atoms with Gasteiger partial charge in [-0.2, -0.15) is 0 Å². The van der Waals surface area contributed by atoms with Crippen LogP contribution in [0.15, 0.2) is 24.3 Å². The highest BCUT2D eigenvalue weighted by Crippen LogP contribution is 2.18. The molecule has 5 heteroatoms. The van der Waals surface area contributed by atoms with Crippen molar-refractivity contribution < 1.29 is 9.59 Å². The van der Waals surface area contributed by atoms with Crippen LogP contribution < -0.4 is 0 Å². The standard InChI is InChI=1S/C18H27N3O2/c1-5-21-11-7-10-16(21)13-20(4)18(23)15-9-6-8-14(12-15)17(22)19(2)3/h6,8-9,12,16H,5,7,10-11,13H2,1-4H3. The van der Waals surface area contributed by atoms with E-state index in [1.54, 1.807) is 43.3 Å². The van der Waals surface area contributed by atoms with E-state index < -0.39 is 0 Å². The fourth-order valence-corrected chi connectivity index (χ4v) is 3.18. The lowest BCUT2D eigenvalue weighted by Crippen LogP contribution is -2.41. The molecule has 1 aliphatic rings. The first kappa shape index (κ1) is 17.5. The Hall–Kier alpha value is -1.88. The van der Waals surface area contributed by atoms with Gasteiger partial charge >= 0.3 is 0 Å². The number of carbonyl (C=O) groups excluding carboxylic acids is 2. The van der Waals surface area contributed by atoms with Crippen LogP contribution in [-0.4, -0.2) is 73.3 Å². The smallest absolute Gasteiger partial charge is 0.253 e. The quantitative estimate of drug-likeness (QED) is 0.834. The molecule has 2 rings (SSSR count). The zero-order valence-electron chi connectivity index (χ0n) is 14.6. The molecule has 1 aromatic carbocycles. The molecular weight excluding hydrogens is 290 g/mol. The number of benzene rings is 1. The van der Waals surface area contributed by atoms with E-state index in [4.69, 9.17) is 0 Å². The molecule has 0 bridgehead atoms. The minimum atomic E-state index is -0.0877. The Balaban J connectivity index is 2.07. The van der Waals surface area contributed by atoms with Gasteiger partial charge in [-0.25, -0.2) is 0 Å². The number of likely N-dealkylation sites (N-methyl/N-ethyl adjacent to an activating group) is 2. The molecule has 1 aromatic rings. The van der Waals surface area contributed by atoms with Crippen LogP contribution in [0.2, 0.25) is 0 Å². The van der Waals surface area contributed by atoms with E-state index in [0.29, 0.717) is 17.2 Å². The first-order chi connectivity index (χ1) is 10.9. The second-order valence-electron chi connectivity index (χ2n) is 6.39. The molecule has 0 spiro atoms. The van der Waals surface area contributed by atoms with Crippen LogP contribution in [-0.2, 0) is 0 Å². The lowest BCUT2D eigenvalue weighted by Gasteiger charge is -2.28. The second-order valence-corrected chi connectivity index (χ2v) is 6.39. The molecule has 0 saturated carbocycles. The predicted molar refractivity (Wildman–Crippen MR) is 91.7 cm³/mol. The zero-order valence-corrected chi connectivity index (χ0v) is 14.6. The number of hydrogen-bond acceptors (Lipinski definition) is 3. The van der Waals surface area contributed by atoms with Crippen LogP contribution in [0, 0.1) is 0 Å². The van der Waals surface area contributed by atoms with Crippen molar-refractivity contribution in [2.24, 2.45) is 0 Å². The van der Waals surface area contributed by atoms with Gasteiger partial charge in [-0.05, 0) is 44.1 Å². The Bertz CT molecular complexity index is 571. The monoisotopic (exact) mass is 317 g/mol. The summed E-state index contributed by atoms with van der Waals surface area (Å²) in [5.74, 6) is -0.114. The zero-order chi connectivity index (χ0) is 17.0. The Morgan fingerprint density at radius 3 is 2.43 bits per heavy atom. The van der Waals surface area contributed by atoms with Crippen LogP contribution in [0.4, 0.5) is 0 Å². The van der Waals surface area contributed by atoms with Gasteiger partial charge in [0.05, 0.1) is 0 Å². The number of hydrogen-bond donors (Lipinski definition) is 0. The minimum absolute atomic E-state index is 0.0265. The van der Waals surface area contributed by atoms with Gasteiger partial charge in [0.1, 0.15) is 0 Å². The van der Waals surface area contributed by atoms with Crippen LogP contribution >= 0.6 is 0 Å². The first-order valence-corrected chi connectivity index (χ1v) is 8.25.